The molecule has 0 saturated heterocycles. The molecule has 0 aliphatic rings. The lowest BCUT2D eigenvalue weighted by Gasteiger charge is -2.28. The van der Waals surface area contributed by atoms with Crippen LogP contribution in [0.1, 0.15) is 48.0 Å². The summed E-state index contributed by atoms with van der Waals surface area (Å²) in [6.07, 6.45) is 0.569. The second-order valence-corrected chi connectivity index (χ2v) is 8.55. The third-order valence-electron chi connectivity index (χ3n) is 2.30. The molecule has 0 aromatic carbocycles. The van der Waals surface area contributed by atoms with Gasteiger partial charge in [-0.2, -0.15) is 0 Å². The van der Waals surface area contributed by atoms with Gasteiger partial charge in [0.25, 0.3) is 0 Å². The van der Waals surface area contributed by atoms with E-state index >= 15 is 0 Å². The van der Waals surface area contributed by atoms with Crippen molar-refractivity contribution in [3.05, 3.63) is 0 Å². The molecule has 0 aromatic rings. The van der Waals surface area contributed by atoms with Crippen molar-refractivity contribution in [1.82, 2.24) is 4.72 Å². The van der Waals surface area contributed by atoms with Crippen molar-refractivity contribution in [3.63, 3.8) is 0 Å². The monoisotopic (exact) mass is 251 g/mol. The molecule has 16 heavy (non-hydrogen) atoms. The fraction of sp³-hybridized carbons (Fsp3) is 1.00. The molecule has 2 N–H and O–H groups in total. The third-order valence-corrected chi connectivity index (χ3v) is 4.43. The molecule has 0 fully saturated rings. The van der Waals surface area contributed by atoms with Gasteiger partial charge in [0.1, 0.15) is 0 Å². The summed E-state index contributed by atoms with van der Waals surface area (Å²) in [7, 11) is -3.38. The summed E-state index contributed by atoms with van der Waals surface area (Å²) in [6, 6.07) is 0. The SMILES string of the molecule is CC(C)CC(C)(O)CNS(=O)(=O)C(C)(C)C. The molecule has 98 valence electrons. The molecule has 4 nitrogen and oxygen atoms in total. The predicted octanol–water partition coefficient (Wildman–Crippen LogP) is 1.50. The average Bonchev–Trinajstić information content (AvgIpc) is 1.96. The van der Waals surface area contributed by atoms with Crippen molar-refractivity contribution in [1.29, 1.82) is 0 Å². The van der Waals surface area contributed by atoms with E-state index < -0.39 is 20.4 Å². The van der Waals surface area contributed by atoms with Gasteiger partial charge < -0.3 is 5.11 Å². The fourth-order valence-electron chi connectivity index (χ4n) is 1.42. The summed E-state index contributed by atoms with van der Waals surface area (Å²) >= 11 is 0. The Kier molecular flexibility index (Phi) is 4.98. The first-order valence-corrected chi connectivity index (χ1v) is 7.07. The summed E-state index contributed by atoms with van der Waals surface area (Å²) in [5, 5.41) is 9.99. The molecule has 5 heteroatoms. The maximum absolute atomic E-state index is 11.8. The Morgan fingerprint density at radius 2 is 1.62 bits per heavy atom. The molecular formula is C11H25NO3S. The summed E-state index contributed by atoms with van der Waals surface area (Å²) in [5.74, 6) is 0.328. The van der Waals surface area contributed by atoms with Gasteiger partial charge in [-0.1, -0.05) is 13.8 Å². The number of rotatable bonds is 5. The molecule has 1 atom stereocenters. The minimum atomic E-state index is -3.38. The molecule has 0 spiro atoms. The quantitative estimate of drug-likeness (QED) is 0.778. The second-order valence-electron chi connectivity index (χ2n) is 6.03. The minimum absolute atomic E-state index is 0.0603. The highest BCUT2D eigenvalue weighted by molar-refractivity contribution is 7.90. The van der Waals surface area contributed by atoms with Gasteiger partial charge in [-0.05, 0) is 40.0 Å². The molecule has 0 heterocycles. The largest absolute Gasteiger partial charge is 0.389 e. The number of nitrogens with one attached hydrogen (secondary N) is 1. The zero-order valence-electron chi connectivity index (χ0n) is 11.2. The normalized spacial score (nSPS) is 17.5. The summed E-state index contributed by atoms with van der Waals surface area (Å²) < 4.78 is 25.1. The molecule has 0 saturated carbocycles. The van der Waals surface area contributed by atoms with E-state index in [2.05, 4.69) is 4.72 Å². The molecular weight excluding hydrogens is 226 g/mol. The van der Waals surface area contributed by atoms with Crippen LogP contribution in [-0.4, -0.2) is 30.4 Å². The van der Waals surface area contributed by atoms with Gasteiger partial charge in [-0.15, -0.1) is 0 Å². The molecule has 0 aliphatic carbocycles. The van der Waals surface area contributed by atoms with E-state index in [1.165, 1.54) is 0 Å². The number of hydrogen-bond donors (Lipinski definition) is 2. The molecule has 1 unspecified atom stereocenters. The zero-order valence-corrected chi connectivity index (χ0v) is 12.0. The Morgan fingerprint density at radius 1 is 1.19 bits per heavy atom. The smallest absolute Gasteiger partial charge is 0.216 e. The number of aliphatic hydroxyl groups is 1. The fourth-order valence-corrected chi connectivity index (χ4v) is 2.35. The van der Waals surface area contributed by atoms with Gasteiger partial charge in [-0.3, -0.25) is 0 Å². The molecule has 0 aliphatic heterocycles. The summed E-state index contributed by atoms with van der Waals surface area (Å²) in [6.45, 7) is 10.6. The van der Waals surface area contributed by atoms with Gasteiger partial charge in [0.2, 0.25) is 10.0 Å². The van der Waals surface area contributed by atoms with E-state index in [4.69, 9.17) is 0 Å². The molecule has 0 rings (SSSR count). The van der Waals surface area contributed by atoms with E-state index in [0.29, 0.717) is 12.3 Å². The summed E-state index contributed by atoms with van der Waals surface area (Å²) in [5.41, 5.74) is -0.994. The van der Waals surface area contributed by atoms with Crippen molar-refractivity contribution in [3.8, 4) is 0 Å². The third kappa shape index (κ3) is 5.27. The van der Waals surface area contributed by atoms with Crippen molar-refractivity contribution >= 4 is 10.0 Å². The van der Waals surface area contributed by atoms with Crippen LogP contribution < -0.4 is 4.72 Å². The van der Waals surface area contributed by atoms with Crippen LogP contribution in [0.15, 0.2) is 0 Å². The highest BCUT2D eigenvalue weighted by Gasteiger charge is 2.31. The van der Waals surface area contributed by atoms with Crippen molar-refractivity contribution < 1.29 is 13.5 Å². The Labute approximate surface area is 99.5 Å². The lowest BCUT2D eigenvalue weighted by molar-refractivity contribution is 0.0435. The van der Waals surface area contributed by atoms with Crippen LogP contribution in [0, 0.1) is 5.92 Å². The Hall–Kier alpha value is -0.130. The Morgan fingerprint density at radius 3 is 1.94 bits per heavy atom. The van der Waals surface area contributed by atoms with E-state index in [-0.39, 0.29) is 6.54 Å². The van der Waals surface area contributed by atoms with Crippen molar-refractivity contribution in [2.45, 2.75) is 58.3 Å². The first kappa shape index (κ1) is 15.9. The van der Waals surface area contributed by atoms with Crippen LogP contribution >= 0.6 is 0 Å². The van der Waals surface area contributed by atoms with Gasteiger partial charge in [0.15, 0.2) is 0 Å². The van der Waals surface area contributed by atoms with E-state index in [1.807, 2.05) is 13.8 Å². The van der Waals surface area contributed by atoms with Crippen LogP contribution in [0.4, 0.5) is 0 Å². The highest BCUT2D eigenvalue weighted by Crippen LogP contribution is 2.18. The first-order valence-electron chi connectivity index (χ1n) is 5.59. The standard InChI is InChI=1S/C11H25NO3S/c1-9(2)7-11(6,13)8-12-16(14,15)10(3,4)5/h9,12-13H,7-8H2,1-6H3. The van der Waals surface area contributed by atoms with E-state index in [0.717, 1.165) is 0 Å². The average molecular weight is 251 g/mol. The van der Waals surface area contributed by atoms with Crippen LogP contribution in [-0.2, 0) is 10.0 Å². The zero-order chi connectivity index (χ0) is 13.2. The topological polar surface area (TPSA) is 66.4 Å². The molecule has 0 radical (unpaired) electrons. The number of hydrogen-bond acceptors (Lipinski definition) is 3. The van der Waals surface area contributed by atoms with Gasteiger partial charge in [0, 0.05) is 6.54 Å². The van der Waals surface area contributed by atoms with Gasteiger partial charge in [0.05, 0.1) is 10.3 Å². The predicted molar refractivity (Wildman–Crippen MR) is 66.8 cm³/mol. The van der Waals surface area contributed by atoms with Crippen LogP contribution in [0.25, 0.3) is 0 Å². The van der Waals surface area contributed by atoms with Crippen LogP contribution in [0.5, 0.6) is 0 Å². The lowest BCUT2D eigenvalue weighted by Crippen LogP contribution is -2.47. The summed E-state index contributed by atoms with van der Waals surface area (Å²) in [4.78, 5) is 0. The lowest BCUT2D eigenvalue weighted by atomic mass is 9.95. The Bertz CT molecular complexity index is 313. The van der Waals surface area contributed by atoms with Gasteiger partial charge >= 0.3 is 0 Å². The first-order chi connectivity index (χ1) is 6.87. The van der Waals surface area contributed by atoms with Crippen molar-refractivity contribution in [2.24, 2.45) is 5.92 Å². The Balaban J connectivity index is 4.47. The number of sulfonamides is 1. The second kappa shape index (κ2) is 5.02. The maximum atomic E-state index is 11.8. The minimum Gasteiger partial charge on any atom is -0.389 e. The van der Waals surface area contributed by atoms with Crippen molar-refractivity contribution in [2.75, 3.05) is 6.54 Å². The molecule has 0 aromatic heterocycles. The van der Waals surface area contributed by atoms with E-state index in [9.17, 15) is 13.5 Å². The molecule has 0 bridgehead atoms. The maximum Gasteiger partial charge on any atom is 0.216 e. The van der Waals surface area contributed by atoms with Gasteiger partial charge in [-0.25, -0.2) is 13.1 Å². The van der Waals surface area contributed by atoms with E-state index in [1.54, 1.807) is 27.7 Å². The highest BCUT2D eigenvalue weighted by atomic mass is 32.2. The van der Waals surface area contributed by atoms with Crippen LogP contribution in [0.2, 0.25) is 0 Å². The molecule has 0 amide bonds. The van der Waals surface area contributed by atoms with Crippen LogP contribution in [0.3, 0.4) is 0 Å².